The Morgan fingerprint density at radius 1 is 1.17 bits per heavy atom. The van der Waals surface area contributed by atoms with Crippen molar-refractivity contribution in [3.63, 3.8) is 0 Å². The lowest BCUT2D eigenvalue weighted by molar-refractivity contribution is 0.0952. The maximum Gasteiger partial charge on any atom is 0.251 e. The van der Waals surface area contributed by atoms with E-state index in [0.717, 1.165) is 30.6 Å². The summed E-state index contributed by atoms with van der Waals surface area (Å²) in [4.78, 5) is 12.7. The molecular weight excluding hydrogens is 248 g/mol. The molecule has 0 unspecified atom stereocenters. The van der Waals surface area contributed by atoms with Crippen LogP contribution in [0.3, 0.4) is 0 Å². The van der Waals surface area contributed by atoms with Crippen molar-refractivity contribution in [1.82, 2.24) is 5.32 Å². The van der Waals surface area contributed by atoms with Crippen LogP contribution in [0.4, 0.5) is 0 Å². The lowest BCUT2D eigenvalue weighted by Gasteiger charge is -2.05. The maximum absolute atomic E-state index is 11.7. The molecule has 0 aliphatic rings. The maximum atomic E-state index is 11.7. The summed E-state index contributed by atoms with van der Waals surface area (Å²) < 4.78 is 0. The number of aliphatic hydroxyl groups excluding tert-OH is 1. The van der Waals surface area contributed by atoms with Gasteiger partial charge in [-0.1, -0.05) is 12.8 Å². The quantitative estimate of drug-likeness (QED) is 0.497. The molecule has 100 valence electrons. The van der Waals surface area contributed by atoms with Crippen LogP contribution in [0, 0.1) is 0 Å². The molecule has 0 saturated carbocycles. The van der Waals surface area contributed by atoms with Gasteiger partial charge in [-0.05, 0) is 49.1 Å². The Bertz CT molecular complexity index is 355. The molecule has 0 atom stereocenters. The summed E-state index contributed by atoms with van der Waals surface area (Å²) in [5.41, 5.74) is 0.656. The fourth-order valence-corrected chi connectivity index (χ4v) is 1.87. The molecule has 4 N–H and O–H groups in total. The fourth-order valence-electron chi connectivity index (χ4n) is 1.58. The van der Waals surface area contributed by atoms with Gasteiger partial charge in [-0.25, -0.2) is 0 Å². The molecule has 5 heteroatoms. The molecule has 4 nitrogen and oxygen atoms in total. The van der Waals surface area contributed by atoms with Gasteiger partial charge in [0.1, 0.15) is 0 Å². The largest absolute Gasteiger partial charge is 0.396 e. The van der Waals surface area contributed by atoms with Crippen LogP contribution < -0.4 is 10.5 Å². The van der Waals surface area contributed by atoms with E-state index < -0.39 is 0 Å². The van der Waals surface area contributed by atoms with Crippen LogP contribution in [-0.2, 0) is 0 Å². The normalized spacial score (nSPS) is 10.3. The zero-order valence-electron chi connectivity index (χ0n) is 10.4. The van der Waals surface area contributed by atoms with Crippen molar-refractivity contribution < 1.29 is 9.90 Å². The van der Waals surface area contributed by atoms with E-state index in [1.165, 1.54) is 11.9 Å². The van der Waals surface area contributed by atoms with Crippen LogP contribution in [0.15, 0.2) is 29.2 Å². The third-order valence-corrected chi connectivity index (χ3v) is 3.17. The van der Waals surface area contributed by atoms with Crippen molar-refractivity contribution in [3.05, 3.63) is 29.8 Å². The summed E-state index contributed by atoms with van der Waals surface area (Å²) in [7, 11) is 0. The Hall–Kier alpha value is -1.04. The monoisotopic (exact) mass is 268 g/mol. The molecule has 0 heterocycles. The van der Waals surface area contributed by atoms with Gasteiger partial charge in [0.05, 0.1) is 0 Å². The van der Waals surface area contributed by atoms with Crippen molar-refractivity contribution in [1.29, 1.82) is 0 Å². The molecule has 0 bridgehead atoms. The highest BCUT2D eigenvalue weighted by molar-refractivity contribution is 7.97. The molecule has 0 aliphatic carbocycles. The van der Waals surface area contributed by atoms with Crippen molar-refractivity contribution in [3.8, 4) is 0 Å². The molecule has 0 aliphatic heterocycles. The molecule has 0 radical (unpaired) electrons. The zero-order valence-corrected chi connectivity index (χ0v) is 11.2. The zero-order chi connectivity index (χ0) is 13.2. The van der Waals surface area contributed by atoms with Crippen LogP contribution in [0.25, 0.3) is 0 Å². The second kappa shape index (κ2) is 8.97. The summed E-state index contributed by atoms with van der Waals surface area (Å²) >= 11 is 1.17. The first-order valence-electron chi connectivity index (χ1n) is 6.14. The Morgan fingerprint density at radius 3 is 2.44 bits per heavy atom. The van der Waals surface area contributed by atoms with Crippen LogP contribution in [-0.4, -0.2) is 24.2 Å². The van der Waals surface area contributed by atoms with Gasteiger partial charge in [0.2, 0.25) is 0 Å². The number of carbonyl (C=O) groups excluding carboxylic acids is 1. The van der Waals surface area contributed by atoms with Gasteiger partial charge in [-0.3, -0.25) is 9.93 Å². The summed E-state index contributed by atoms with van der Waals surface area (Å²) in [6.45, 7) is 0.926. The Morgan fingerprint density at radius 2 is 1.83 bits per heavy atom. The van der Waals surface area contributed by atoms with Crippen LogP contribution >= 0.6 is 11.9 Å². The highest BCUT2D eigenvalue weighted by Gasteiger charge is 2.04. The Labute approximate surface area is 112 Å². The number of rotatable bonds is 8. The first kappa shape index (κ1) is 15.0. The van der Waals surface area contributed by atoms with Gasteiger partial charge in [-0.2, -0.15) is 0 Å². The number of hydrogen-bond acceptors (Lipinski definition) is 4. The summed E-state index contributed by atoms with van der Waals surface area (Å²) in [5.74, 6) is -0.0503. The minimum Gasteiger partial charge on any atom is -0.396 e. The second-order valence-corrected chi connectivity index (χ2v) is 4.74. The lowest BCUT2D eigenvalue weighted by Crippen LogP contribution is -2.24. The van der Waals surface area contributed by atoms with E-state index in [2.05, 4.69) is 5.32 Å². The van der Waals surface area contributed by atoms with Gasteiger partial charge >= 0.3 is 0 Å². The molecule has 0 saturated heterocycles. The number of nitrogens with two attached hydrogens (primary N) is 1. The van der Waals surface area contributed by atoms with Crippen molar-refractivity contribution in [2.24, 2.45) is 5.14 Å². The van der Waals surface area contributed by atoms with Gasteiger partial charge < -0.3 is 10.4 Å². The molecule has 18 heavy (non-hydrogen) atoms. The number of nitrogens with one attached hydrogen (secondary N) is 1. The molecule has 1 aromatic rings. The van der Waals surface area contributed by atoms with E-state index >= 15 is 0 Å². The molecule has 1 aromatic carbocycles. The standard InChI is InChI=1S/C13H20N2O2S/c14-18-12-7-5-11(6-8-12)13(17)15-9-3-1-2-4-10-16/h5-8,16H,1-4,9-10,14H2,(H,15,17). The average Bonchev–Trinajstić information content (AvgIpc) is 2.42. The molecule has 1 amide bonds. The molecule has 0 spiro atoms. The van der Waals surface area contributed by atoms with Crippen LogP contribution in [0.1, 0.15) is 36.0 Å². The van der Waals surface area contributed by atoms with E-state index in [0.29, 0.717) is 12.1 Å². The summed E-state index contributed by atoms with van der Waals surface area (Å²) in [6, 6.07) is 7.22. The summed E-state index contributed by atoms with van der Waals surface area (Å²) in [5, 5.41) is 16.9. The number of aliphatic hydroxyl groups is 1. The van der Waals surface area contributed by atoms with E-state index in [-0.39, 0.29) is 12.5 Å². The predicted molar refractivity (Wildman–Crippen MR) is 74.4 cm³/mol. The first-order chi connectivity index (χ1) is 8.77. The third-order valence-electron chi connectivity index (χ3n) is 2.62. The second-order valence-electron chi connectivity index (χ2n) is 4.04. The van der Waals surface area contributed by atoms with E-state index in [1.54, 1.807) is 12.1 Å². The highest BCUT2D eigenvalue weighted by atomic mass is 32.2. The number of amides is 1. The Balaban J connectivity index is 2.23. The molecule has 0 aromatic heterocycles. The minimum absolute atomic E-state index is 0.0503. The minimum atomic E-state index is -0.0503. The summed E-state index contributed by atoms with van der Waals surface area (Å²) in [6.07, 6.45) is 3.83. The smallest absolute Gasteiger partial charge is 0.251 e. The van der Waals surface area contributed by atoms with E-state index in [1.807, 2.05) is 12.1 Å². The topological polar surface area (TPSA) is 75.4 Å². The number of carbonyl (C=O) groups is 1. The van der Waals surface area contributed by atoms with Gasteiger partial charge in [-0.15, -0.1) is 0 Å². The average molecular weight is 268 g/mol. The molecular formula is C13H20N2O2S. The fraction of sp³-hybridized carbons (Fsp3) is 0.462. The molecule has 0 fully saturated rings. The van der Waals surface area contributed by atoms with Crippen LogP contribution in [0.2, 0.25) is 0 Å². The number of benzene rings is 1. The van der Waals surface area contributed by atoms with Crippen molar-refractivity contribution >= 4 is 17.9 Å². The lowest BCUT2D eigenvalue weighted by atomic mass is 10.2. The third kappa shape index (κ3) is 5.53. The van der Waals surface area contributed by atoms with Gasteiger partial charge in [0.15, 0.2) is 0 Å². The van der Waals surface area contributed by atoms with Crippen molar-refractivity contribution in [2.45, 2.75) is 30.6 Å². The predicted octanol–water partition coefficient (Wildman–Crippen LogP) is 1.93. The highest BCUT2D eigenvalue weighted by Crippen LogP contribution is 2.12. The molecule has 1 rings (SSSR count). The van der Waals surface area contributed by atoms with Gasteiger partial charge in [0, 0.05) is 23.6 Å². The first-order valence-corrected chi connectivity index (χ1v) is 7.01. The SMILES string of the molecule is NSc1ccc(C(=O)NCCCCCCO)cc1. The van der Waals surface area contributed by atoms with E-state index in [4.69, 9.17) is 10.2 Å². The Kier molecular flexibility index (Phi) is 7.48. The number of unbranched alkanes of at least 4 members (excludes halogenated alkanes) is 3. The van der Waals surface area contributed by atoms with Crippen LogP contribution in [0.5, 0.6) is 0 Å². The number of hydrogen-bond donors (Lipinski definition) is 3. The van der Waals surface area contributed by atoms with E-state index in [9.17, 15) is 4.79 Å². The van der Waals surface area contributed by atoms with Gasteiger partial charge in [0.25, 0.3) is 5.91 Å². The van der Waals surface area contributed by atoms with Crippen molar-refractivity contribution in [2.75, 3.05) is 13.2 Å².